The number of hydrogen-bond acceptors (Lipinski definition) is 10. The summed E-state index contributed by atoms with van der Waals surface area (Å²) in [6.45, 7) is 6.18. The summed E-state index contributed by atoms with van der Waals surface area (Å²) in [5.41, 5.74) is 7.79. The molecule has 64 heavy (non-hydrogen) atoms. The van der Waals surface area contributed by atoms with Crippen LogP contribution in [0.15, 0.2) is 109 Å². The number of likely N-dealkylation sites (tertiary alicyclic amines) is 2. The van der Waals surface area contributed by atoms with Crippen molar-refractivity contribution in [3.05, 3.63) is 143 Å². The quantitative estimate of drug-likeness (QED) is 0.0641. The van der Waals surface area contributed by atoms with E-state index in [2.05, 4.69) is 81.1 Å². The Labute approximate surface area is 378 Å². The highest BCUT2D eigenvalue weighted by Gasteiger charge is 2.25. The van der Waals surface area contributed by atoms with Crippen LogP contribution in [0.3, 0.4) is 0 Å². The minimum atomic E-state index is -0.653. The molecule has 0 spiro atoms. The summed E-state index contributed by atoms with van der Waals surface area (Å²) in [5.74, 6) is 0.0600. The van der Waals surface area contributed by atoms with Gasteiger partial charge in [-0.15, -0.1) is 0 Å². The fourth-order valence-electron chi connectivity index (χ4n) is 9.83. The summed E-state index contributed by atoms with van der Waals surface area (Å²) in [6, 6.07) is 32.8. The first-order chi connectivity index (χ1) is 31.3. The van der Waals surface area contributed by atoms with Crippen LogP contribution in [0.2, 0.25) is 0 Å². The highest BCUT2D eigenvalue weighted by molar-refractivity contribution is 5.98. The third-order valence-electron chi connectivity index (χ3n) is 13.7. The molecule has 4 heterocycles. The highest BCUT2D eigenvalue weighted by Crippen LogP contribution is 2.30. The number of anilines is 2. The van der Waals surface area contributed by atoms with Crippen molar-refractivity contribution >= 4 is 34.9 Å². The Morgan fingerprint density at radius 1 is 0.531 bits per heavy atom. The van der Waals surface area contributed by atoms with E-state index in [-0.39, 0.29) is 11.6 Å². The number of rotatable bonds is 16. The second kappa shape index (κ2) is 22.4. The van der Waals surface area contributed by atoms with Crippen LogP contribution in [-0.4, -0.2) is 71.9 Å². The summed E-state index contributed by atoms with van der Waals surface area (Å²) in [4.78, 5) is 57.6. The topological polar surface area (TPSA) is 117 Å². The molecular formula is C54H64N4O6. The van der Waals surface area contributed by atoms with Crippen molar-refractivity contribution in [3.63, 3.8) is 0 Å². The number of piperidine rings is 2. The zero-order valence-electron chi connectivity index (χ0n) is 37.2. The first kappa shape index (κ1) is 45.0. The van der Waals surface area contributed by atoms with Crippen molar-refractivity contribution in [2.45, 2.75) is 115 Å². The van der Waals surface area contributed by atoms with Crippen LogP contribution in [-0.2, 0) is 45.0 Å². The van der Waals surface area contributed by atoms with Gasteiger partial charge < -0.3 is 20.1 Å². The van der Waals surface area contributed by atoms with Gasteiger partial charge in [-0.25, -0.2) is 9.59 Å². The molecule has 2 saturated heterocycles. The standard InChI is InChI=1S/C54H64N4O6/c59-49(23-17-39-27-31-57(32-28-39)37-41-9-3-1-4-10-41)45-21-19-43-13-7-15-51(55-47(43)35-45)63-53(61)25-26-54(62)64-52-16-8-14-44-20-22-46(36-48(44)56-52)50(60)24-18-40-29-33-58(34-30-40)38-42-11-5-2-6-12-42/h1-6,9-12,19-22,25-26,35-36,39-40,51-52,55-56H,7-8,13-18,23-24,27-34,37-38H2/b26-25+. The van der Waals surface area contributed by atoms with Crippen molar-refractivity contribution in [1.29, 1.82) is 0 Å². The number of carbonyl (C=O) groups excluding carboxylic acids is 4. The molecule has 0 bridgehead atoms. The van der Waals surface area contributed by atoms with Crippen LogP contribution < -0.4 is 10.6 Å². The number of fused-ring (bicyclic) bond motifs is 2. The Balaban J connectivity index is 0.758. The van der Waals surface area contributed by atoms with Crippen LogP contribution in [0.1, 0.15) is 120 Å². The number of benzene rings is 4. The van der Waals surface area contributed by atoms with Crippen molar-refractivity contribution in [1.82, 2.24) is 9.80 Å². The molecule has 2 fully saturated rings. The zero-order chi connectivity index (χ0) is 44.1. The van der Waals surface area contributed by atoms with Gasteiger partial charge in [0.05, 0.1) is 0 Å². The zero-order valence-corrected chi connectivity index (χ0v) is 37.2. The maximum absolute atomic E-state index is 13.4. The maximum Gasteiger partial charge on any atom is 0.332 e. The Hall–Kier alpha value is -5.58. The number of carbonyl (C=O) groups is 4. The number of Topliss-reactive ketones (excluding diaryl/α,β-unsaturated/α-hetero) is 2. The third-order valence-corrected chi connectivity index (χ3v) is 13.7. The molecule has 4 aliphatic rings. The Morgan fingerprint density at radius 2 is 0.938 bits per heavy atom. The van der Waals surface area contributed by atoms with Gasteiger partial charge in [-0.3, -0.25) is 19.4 Å². The summed E-state index contributed by atoms with van der Waals surface area (Å²) in [5, 5.41) is 6.69. The summed E-state index contributed by atoms with van der Waals surface area (Å²) >= 11 is 0. The van der Waals surface area contributed by atoms with Crippen molar-refractivity contribution < 1.29 is 28.7 Å². The molecule has 4 aromatic carbocycles. The maximum atomic E-state index is 13.4. The number of ketones is 2. The molecule has 4 aromatic rings. The Bertz CT molecular complexity index is 2070. The minimum absolute atomic E-state index is 0.132. The molecule has 4 aliphatic heterocycles. The lowest BCUT2D eigenvalue weighted by Crippen LogP contribution is -2.33. The first-order valence-electron chi connectivity index (χ1n) is 23.8. The molecule has 0 saturated carbocycles. The predicted molar refractivity (Wildman–Crippen MR) is 251 cm³/mol. The fourth-order valence-corrected chi connectivity index (χ4v) is 9.83. The van der Waals surface area contributed by atoms with Gasteiger partial charge in [-0.1, -0.05) is 84.9 Å². The molecule has 10 nitrogen and oxygen atoms in total. The van der Waals surface area contributed by atoms with E-state index in [4.69, 9.17) is 9.47 Å². The lowest BCUT2D eigenvalue weighted by Gasteiger charge is -2.32. The molecule has 336 valence electrons. The monoisotopic (exact) mass is 864 g/mol. The molecule has 0 aromatic heterocycles. The molecule has 0 aliphatic carbocycles. The van der Waals surface area contributed by atoms with Gasteiger partial charge in [0.25, 0.3) is 0 Å². The second-order valence-electron chi connectivity index (χ2n) is 18.3. The second-order valence-corrected chi connectivity index (χ2v) is 18.3. The van der Waals surface area contributed by atoms with E-state index in [1.807, 2.05) is 36.4 Å². The lowest BCUT2D eigenvalue weighted by atomic mass is 9.90. The number of hydrogen-bond donors (Lipinski definition) is 2. The van der Waals surface area contributed by atoms with Gasteiger partial charge in [-0.05, 0) is 137 Å². The van der Waals surface area contributed by atoms with Gasteiger partial charge >= 0.3 is 11.9 Å². The number of nitrogens with zero attached hydrogens (tertiary/aromatic N) is 2. The lowest BCUT2D eigenvalue weighted by molar-refractivity contribution is -0.144. The van der Waals surface area contributed by atoms with Crippen molar-refractivity contribution in [2.24, 2.45) is 11.8 Å². The highest BCUT2D eigenvalue weighted by atomic mass is 16.6. The average Bonchev–Trinajstić information content (AvgIpc) is 3.65. The van der Waals surface area contributed by atoms with Gasteiger partial charge in [0, 0.05) is 73.4 Å². The molecular weight excluding hydrogens is 801 g/mol. The molecule has 8 rings (SSSR count). The third kappa shape index (κ3) is 13.0. The Kier molecular flexibility index (Phi) is 15.7. The summed E-state index contributed by atoms with van der Waals surface area (Å²) < 4.78 is 11.5. The van der Waals surface area contributed by atoms with Gasteiger partial charge in [0.15, 0.2) is 24.0 Å². The fraction of sp³-hybridized carbons (Fsp3) is 0.444. The van der Waals surface area contributed by atoms with Crippen LogP contribution in [0.5, 0.6) is 0 Å². The van der Waals surface area contributed by atoms with Crippen LogP contribution >= 0.6 is 0 Å². The number of aryl methyl sites for hydroxylation is 2. The normalized spacial score (nSPS) is 19.9. The number of esters is 2. The predicted octanol–water partition coefficient (Wildman–Crippen LogP) is 9.93. The summed E-state index contributed by atoms with van der Waals surface area (Å²) in [7, 11) is 0. The first-order valence-corrected chi connectivity index (χ1v) is 23.8. The van der Waals surface area contributed by atoms with Gasteiger partial charge in [0.2, 0.25) is 0 Å². The van der Waals surface area contributed by atoms with Gasteiger partial charge in [-0.2, -0.15) is 0 Å². The smallest absolute Gasteiger partial charge is 0.332 e. The van der Waals surface area contributed by atoms with Gasteiger partial charge in [0.1, 0.15) is 0 Å². The molecule has 0 radical (unpaired) electrons. The Morgan fingerprint density at radius 3 is 1.34 bits per heavy atom. The van der Waals surface area contributed by atoms with E-state index in [9.17, 15) is 19.2 Å². The summed E-state index contributed by atoms with van der Waals surface area (Å²) in [6.07, 6.45) is 12.7. The van der Waals surface area contributed by atoms with Crippen molar-refractivity contribution in [3.8, 4) is 0 Å². The SMILES string of the molecule is O=C(/C=C/C(=O)OC1CCCc2ccc(C(=O)CCC3CCN(Cc4ccccc4)CC3)cc2N1)OC1CCCc2ccc(C(=O)CCC3CCN(Cc4ccccc4)CC3)cc2N1. The molecule has 0 amide bonds. The average molecular weight is 865 g/mol. The van der Waals surface area contributed by atoms with E-state index < -0.39 is 24.4 Å². The number of ether oxygens (including phenoxy) is 2. The van der Waals surface area contributed by atoms with Crippen LogP contribution in [0, 0.1) is 11.8 Å². The van der Waals surface area contributed by atoms with E-state index in [1.54, 1.807) is 0 Å². The van der Waals surface area contributed by atoms with Crippen LogP contribution in [0.25, 0.3) is 0 Å². The molecule has 2 unspecified atom stereocenters. The molecule has 10 heteroatoms. The minimum Gasteiger partial charge on any atom is -0.439 e. The van der Waals surface area contributed by atoms with E-state index in [0.717, 1.165) is 138 Å². The van der Waals surface area contributed by atoms with E-state index >= 15 is 0 Å². The molecule has 2 N–H and O–H groups in total. The largest absolute Gasteiger partial charge is 0.439 e. The van der Waals surface area contributed by atoms with E-state index in [0.29, 0.717) is 48.6 Å². The van der Waals surface area contributed by atoms with Crippen molar-refractivity contribution in [2.75, 3.05) is 36.8 Å². The number of nitrogens with one attached hydrogen (secondary N) is 2. The van der Waals surface area contributed by atoms with E-state index in [1.165, 1.54) is 11.1 Å². The van der Waals surface area contributed by atoms with Crippen LogP contribution in [0.4, 0.5) is 11.4 Å². The molecule has 2 atom stereocenters.